The average Bonchev–Trinajstić information content (AvgIpc) is 3.45. The lowest BCUT2D eigenvalue weighted by Gasteiger charge is -2.15. The van der Waals surface area contributed by atoms with E-state index < -0.39 is 6.61 Å². The van der Waals surface area contributed by atoms with Crippen LogP contribution in [0.5, 0.6) is 5.75 Å². The van der Waals surface area contributed by atoms with Crippen LogP contribution in [0.1, 0.15) is 19.3 Å². The van der Waals surface area contributed by atoms with E-state index >= 15 is 0 Å². The van der Waals surface area contributed by atoms with Gasteiger partial charge < -0.3 is 15.4 Å². The largest absolute Gasteiger partial charge is 0.432 e. The molecule has 0 spiro atoms. The van der Waals surface area contributed by atoms with Crippen LogP contribution in [0, 0.1) is 0 Å². The van der Waals surface area contributed by atoms with Gasteiger partial charge in [0.2, 0.25) is 5.95 Å². The molecule has 4 heterocycles. The Labute approximate surface area is 181 Å². The maximum atomic E-state index is 12.2. The second-order valence-corrected chi connectivity index (χ2v) is 7.48. The summed E-state index contributed by atoms with van der Waals surface area (Å²) >= 11 is 0. The van der Waals surface area contributed by atoms with Crippen LogP contribution in [0.25, 0.3) is 16.9 Å². The molecule has 0 aromatic carbocycles. The van der Waals surface area contributed by atoms with Gasteiger partial charge in [0.15, 0.2) is 11.4 Å². The van der Waals surface area contributed by atoms with Crippen LogP contribution in [0.3, 0.4) is 0 Å². The number of nitrogens with one attached hydrogen (secondary N) is 2. The molecule has 0 bridgehead atoms. The zero-order valence-corrected chi connectivity index (χ0v) is 16.9. The molecule has 1 aliphatic rings. The first kappa shape index (κ1) is 20.0. The van der Waals surface area contributed by atoms with Gasteiger partial charge in [-0.2, -0.15) is 13.9 Å². The second-order valence-electron chi connectivity index (χ2n) is 7.48. The Bertz CT molecular complexity index is 1180. The number of rotatable bonds is 7. The van der Waals surface area contributed by atoms with E-state index in [1.165, 1.54) is 12.4 Å². The highest BCUT2D eigenvalue weighted by atomic mass is 19.3. The van der Waals surface area contributed by atoms with Gasteiger partial charge in [0, 0.05) is 36.1 Å². The monoisotopic (exact) mass is 438 g/mol. The van der Waals surface area contributed by atoms with Gasteiger partial charge in [0.25, 0.3) is 0 Å². The molecule has 0 radical (unpaired) electrons. The van der Waals surface area contributed by atoms with Gasteiger partial charge in [-0.05, 0) is 37.5 Å². The molecule has 0 amide bonds. The molecule has 4 aromatic heterocycles. The van der Waals surface area contributed by atoms with Crippen molar-refractivity contribution >= 4 is 17.4 Å². The molecule has 2 atom stereocenters. The van der Waals surface area contributed by atoms with E-state index in [-0.39, 0.29) is 17.8 Å². The number of hydrogen-bond donors (Lipinski definition) is 2. The predicted molar refractivity (Wildman–Crippen MR) is 114 cm³/mol. The number of fused-ring (bicyclic) bond motifs is 1. The SMILES string of the molecule is FC(F)Oc1cnc(N[C@H]2CC[C@H](Nc3ccc(-c4ccnc5ccnn45)cn3)C2)nc1. The van der Waals surface area contributed by atoms with Crippen molar-refractivity contribution in [1.82, 2.24) is 29.5 Å². The highest BCUT2D eigenvalue weighted by Crippen LogP contribution is 2.26. The number of nitrogens with zero attached hydrogens (tertiary/aromatic N) is 6. The lowest BCUT2D eigenvalue weighted by Crippen LogP contribution is -2.22. The molecule has 0 aliphatic heterocycles. The van der Waals surface area contributed by atoms with Gasteiger partial charge in [-0.25, -0.2) is 24.5 Å². The molecule has 11 heteroatoms. The van der Waals surface area contributed by atoms with Crippen LogP contribution in [0.4, 0.5) is 20.5 Å². The zero-order chi connectivity index (χ0) is 21.9. The van der Waals surface area contributed by atoms with Crippen LogP contribution in [0.2, 0.25) is 0 Å². The van der Waals surface area contributed by atoms with Crippen LogP contribution in [-0.4, -0.2) is 48.2 Å². The molecule has 9 nitrogen and oxygen atoms in total. The molecule has 164 valence electrons. The zero-order valence-electron chi connectivity index (χ0n) is 16.9. The van der Waals surface area contributed by atoms with E-state index in [2.05, 4.69) is 40.4 Å². The van der Waals surface area contributed by atoms with E-state index in [1.54, 1.807) is 16.9 Å². The minimum absolute atomic E-state index is 0.0638. The van der Waals surface area contributed by atoms with Crippen molar-refractivity contribution in [2.75, 3.05) is 10.6 Å². The van der Waals surface area contributed by atoms with Crippen molar-refractivity contribution in [2.45, 2.75) is 38.0 Å². The number of pyridine rings is 1. The molecule has 1 saturated carbocycles. The van der Waals surface area contributed by atoms with Crippen molar-refractivity contribution in [1.29, 1.82) is 0 Å². The van der Waals surface area contributed by atoms with Crippen molar-refractivity contribution < 1.29 is 13.5 Å². The Morgan fingerprint density at radius 1 is 0.906 bits per heavy atom. The summed E-state index contributed by atoms with van der Waals surface area (Å²) in [6.45, 7) is -2.89. The Hall–Kier alpha value is -3.89. The predicted octanol–water partition coefficient (Wildman–Crippen LogP) is 3.63. The summed E-state index contributed by atoms with van der Waals surface area (Å²) in [5.74, 6) is 1.13. The summed E-state index contributed by atoms with van der Waals surface area (Å²) < 4.78 is 30.5. The molecule has 1 aliphatic carbocycles. The number of anilines is 2. The molecule has 2 N–H and O–H groups in total. The lowest BCUT2D eigenvalue weighted by molar-refractivity contribution is -0.0503. The smallest absolute Gasteiger partial charge is 0.387 e. The first-order valence-electron chi connectivity index (χ1n) is 10.2. The highest BCUT2D eigenvalue weighted by Gasteiger charge is 2.25. The van der Waals surface area contributed by atoms with Crippen molar-refractivity contribution in [3.63, 3.8) is 0 Å². The molecular formula is C21H20F2N8O. The normalized spacial score (nSPS) is 18.2. The number of halogens is 2. The summed E-state index contributed by atoms with van der Waals surface area (Å²) in [7, 11) is 0. The van der Waals surface area contributed by atoms with Crippen LogP contribution in [-0.2, 0) is 0 Å². The van der Waals surface area contributed by atoms with Gasteiger partial charge in [-0.15, -0.1) is 0 Å². The third kappa shape index (κ3) is 4.41. The molecule has 5 rings (SSSR count). The van der Waals surface area contributed by atoms with Crippen LogP contribution >= 0.6 is 0 Å². The van der Waals surface area contributed by atoms with E-state index in [0.717, 1.165) is 42.0 Å². The number of alkyl halides is 2. The molecule has 4 aromatic rings. The number of aromatic nitrogens is 6. The first-order chi connectivity index (χ1) is 15.6. The molecule has 1 fully saturated rings. The van der Waals surface area contributed by atoms with Gasteiger partial charge >= 0.3 is 6.61 Å². The van der Waals surface area contributed by atoms with Crippen molar-refractivity contribution in [3.05, 3.63) is 55.2 Å². The third-order valence-corrected chi connectivity index (χ3v) is 5.32. The Kier molecular flexibility index (Phi) is 5.44. The molecular weight excluding hydrogens is 418 g/mol. The standard InChI is InChI=1S/C21H20F2N8O/c22-20(23)32-16-11-26-21(27-12-16)30-15-3-2-14(9-15)29-18-4-1-13(10-25-18)17-5-7-24-19-6-8-28-31(17)19/h1,4-8,10-12,14-15,20H,2-3,9H2,(H,25,29)(H,26,27,30)/t14-,15-/m0/s1. The average molecular weight is 438 g/mol. The quantitative estimate of drug-likeness (QED) is 0.451. The topological polar surface area (TPSA) is 102 Å². The second kappa shape index (κ2) is 8.69. The third-order valence-electron chi connectivity index (χ3n) is 5.32. The minimum atomic E-state index is -2.89. The summed E-state index contributed by atoms with van der Waals surface area (Å²) in [5.41, 5.74) is 2.66. The Morgan fingerprint density at radius 3 is 2.47 bits per heavy atom. The van der Waals surface area contributed by atoms with Gasteiger partial charge in [-0.3, -0.25) is 0 Å². The Morgan fingerprint density at radius 2 is 1.72 bits per heavy atom. The Balaban J connectivity index is 1.17. The minimum Gasteiger partial charge on any atom is -0.432 e. The maximum absolute atomic E-state index is 12.2. The number of ether oxygens (including phenoxy) is 1. The first-order valence-corrected chi connectivity index (χ1v) is 10.2. The van der Waals surface area contributed by atoms with Crippen LogP contribution in [0.15, 0.2) is 55.2 Å². The molecule has 0 saturated heterocycles. The molecule has 32 heavy (non-hydrogen) atoms. The van der Waals surface area contributed by atoms with E-state index in [9.17, 15) is 8.78 Å². The summed E-state index contributed by atoms with van der Waals surface area (Å²) in [6.07, 6.45) is 10.5. The van der Waals surface area contributed by atoms with Crippen molar-refractivity contribution in [3.8, 4) is 17.0 Å². The summed E-state index contributed by atoms with van der Waals surface area (Å²) in [4.78, 5) is 16.9. The fraction of sp³-hybridized carbons (Fsp3) is 0.286. The van der Waals surface area contributed by atoms with E-state index in [1.807, 2.05) is 30.5 Å². The lowest BCUT2D eigenvalue weighted by atomic mass is 10.2. The molecule has 0 unspecified atom stereocenters. The maximum Gasteiger partial charge on any atom is 0.387 e. The van der Waals surface area contributed by atoms with Crippen LogP contribution < -0.4 is 15.4 Å². The number of hydrogen-bond acceptors (Lipinski definition) is 8. The van der Waals surface area contributed by atoms with Gasteiger partial charge in [0.1, 0.15) is 5.82 Å². The fourth-order valence-corrected chi connectivity index (χ4v) is 3.87. The highest BCUT2D eigenvalue weighted by molar-refractivity contribution is 5.62. The van der Waals surface area contributed by atoms with Gasteiger partial charge in [-0.1, -0.05) is 0 Å². The van der Waals surface area contributed by atoms with Gasteiger partial charge in [0.05, 0.1) is 24.3 Å². The summed E-state index contributed by atoms with van der Waals surface area (Å²) in [6, 6.07) is 8.16. The summed E-state index contributed by atoms with van der Waals surface area (Å²) in [5, 5.41) is 11.0. The van der Waals surface area contributed by atoms with E-state index in [0.29, 0.717) is 5.95 Å². The fourth-order valence-electron chi connectivity index (χ4n) is 3.87. The van der Waals surface area contributed by atoms with Crippen molar-refractivity contribution in [2.24, 2.45) is 0 Å². The van der Waals surface area contributed by atoms with E-state index in [4.69, 9.17) is 0 Å².